The molecule has 1 aromatic carbocycles. The lowest BCUT2D eigenvalue weighted by atomic mass is 10.1. The monoisotopic (exact) mass is 425 g/mol. The van der Waals surface area contributed by atoms with Crippen LogP contribution in [-0.2, 0) is 38.8 Å². The van der Waals surface area contributed by atoms with Crippen molar-refractivity contribution < 1.29 is 23.8 Å². The molecule has 0 saturated heterocycles. The summed E-state index contributed by atoms with van der Waals surface area (Å²) in [6, 6.07) is 8.90. The minimum atomic E-state index is -0.899. The van der Waals surface area contributed by atoms with Crippen LogP contribution in [-0.4, -0.2) is 40.4 Å². The Balaban J connectivity index is 0.00000420. The van der Waals surface area contributed by atoms with Crippen molar-refractivity contribution >= 4 is 24.5 Å². The Morgan fingerprint density at radius 2 is 1.90 bits per heavy atom. The first kappa shape index (κ1) is 24.5. The zero-order valence-corrected chi connectivity index (χ0v) is 17.9. The third kappa shape index (κ3) is 8.53. The van der Waals surface area contributed by atoms with Crippen LogP contribution in [0, 0.1) is 0 Å². The molecule has 1 N–H and O–H groups in total. The molecule has 0 aliphatic rings. The van der Waals surface area contributed by atoms with Crippen molar-refractivity contribution in [3.63, 3.8) is 0 Å². The topological polar surface area (TPSA) is 91.7 Å². The Morgan fingerprint density at radius 3 is 2.52 bits per heavy atom. The van der Waals surface area contributed by atoms with Gasteiger partial charge in [0.1, 0.15) is 18.4 Å². The molecule has 2 aromatic rings. The Morgan fingerprint density at radius 1 is 1.21 bits per heavy atom. The molecule has 0 radical (unpaired) electrons. The van der Waals surface area contributed by atoms with Gasteiger partial charge in [-0.1, -0.05) is 30.3 Å². The van der Waals surface area contributed by atoms with Crippen molar-refractivity contribution in [1.82, 2.24) is 14.9 Å². The fraction of sp³-hybridized carbons (Fsp3) is 0.450. The molecule has 8 nitrogen and oxygen atoms in total. The first-order chi connectivity index (χ1) is 13.3. The summed E-state index contributed by atoms with van der Waals surface area (Å²) in [5.41, 5.74) is 1.11. The number of carbonyl (C=O) groups excluding carboxylic acids is 2. The zero-order valence-electron chi connectivity index (χ0n) is 17.1. The van der Waals surface area contributed by atoms with E-state index in [1.165, 1.54) is 7.11 Å². The van der Waals surface area contributed by atoms with Gasteiger partial charge < -0.3 is 24.1 Å². The second-order valence-corrected chi connectivity index (χ2v) is 7.24. The summed E-state index contributed by atoms with van der Waals surface area (Å²) in [5, 5.41) is 2.55. The van der Waals surface area contributed by atoms with Gasteiger partial charge in [-0.25, -0.2) is 14.6 Å². The van der Waals surface area contributed by atoms with Gasteiger partial charge in [0.25, 0.3) is 0 Å². The number of esters is 1. The Bertz CT molecular complexity index is 774. The van der Waals surface area contributed by atoms with Crippen LogP contribution in [0.2, 0.25) is 0 Å². The number of nitrogens with zero attached hydrogens (tertiary/aromatic N) is 2. The molecule has 1 heterocycles. The van der Waals surface area contributed by atoms with E-state index in [-0.39, 0.29) is 25.6 Å². The largest absolute Gasteiger partial charge is 0.467 e. The van der Waals surface area contributed by atoms with Gasteiger partial charge in [0.05, 0.1) is 20.0 Å². The fourth-order valence-electron chi connectivity index (χ4n) is 2.46. The van der Waals surface area contributed by atoms with Crippen LogP contribution in [0.3, 0.4) is 0 Å². The highest BCUT2D eigenvalue weighted by Crippen LogP contribution is 2.10. The Labute approximate surface area is 177 Å². The average Bonchev–Trinajstić information content (AvgIpc) is 3.07. The highest BCUT2D eigenvalue weighted by atomic mass is 35.5. The van der Waals surface area contributed by atoms with Crippen LogP contribution < -0.4 is 5.32 Å². The van der Waals surface area contributed by atoms with Gasteiger partial charge in [0.15, 0.2) is 0 Å². The van der Waals surface area contributed by atoms with Crippen LogP contribution >= 0.6 is 12.4 Å². The van der Waals surface area contributed by atoms with E-state index in [9.17, 15) is 9.59 Å². The molecular weight excluding hydrogens is 398 g/mol. The number of methoxy groups -OCH3 is 1. The molecule has 0 spiro atoms. The number of alkyl carbamates (subject to hydrolysis) is 1. The highest BCUT2D eigenvalue weighted by Gasteiger charge is 2.26. The molecule has 0 saturated carbocycles. The van der Waals surface area contributed by atoms with E-state index in [1.807, 2.05) is 30.3 Å². The number of nitrogens with one attached hydrogen (secondary N) is 1. The van der Waals surface area contributed by atoms with E-state index in [0.29, 0.717) is 6.61 Å². The summed E-state index contributed by atoms with van der Waals surface area (Å²) in [4.78, 5) is 28.3. The third-order valence-electron chi connectivity index (χ3n) is 3.73. The fourth-order valence-corrected chi connectivity index (χ4v) is 2.46. The van der Waals surface area contributed by atoms with E-state index in [4.69, 9.17) is 14.2 Å². The van der Waals surface area contributed by atoms with Crippen LogP contribution in [0.25, 0.3) is 0 Å². The minimum absolute atomic E-state index is 0. The van der Waals surface area contributed by atoms with Crippen LogP contribution in [0.15, 0.2) is 42.9 Å². The molecule has 1 aromatic heterocycles. The number of benzene rings is 1. The van der Waals surface area contributed by atoms with E-state index in [1.54, 1.807) is 37.9 Å². The smallest absolute Gasteiger partial charge is 0.408 e. The second-order valence-electron chi connectivity index (χ2n) is 7.24. The van der Waals surface area contributed by atoms with Crippen molar-refractivity contribution in [2.24, 2.45) is 0 Å². The van der Waals surface area contributed by atoms with Gasteiger partial charge in [-0.3, -0.25) is 0 Å². The van der Waals surface area contributed by atoms with Crippen molar-refractivity contribution in [1.29, 1.82) is 0 Å². The van der Waals surface area contributed by atoms with Crippen LogP contribution in [0.1, 0.15) is 32.0 Å². The van der Waals surface area contributed by atoms with Gasteiger partial charge >= 0.3 is 12.1 Å². The second kappa shape index (κ2) is 11.4. The van der Waals surface area contributed by atoms with Crippen molar-refractivity contribution in [3.05, 3.63) is 54.1 Å². The molecule has 160 valence electrons. The molecule has 1 amide bonds. The van der Waals surface area contributed by atoms with Crippen molar-refractivity contribution in [2.45, 2.75) is 52.2 Å². The number of aromatic nitrogens is 2. The van der Waals surface area contributed by atoms with Crippen molar-refractivity contribution in [2.75, 3.05) is 7.11 Å². The maximum absolute atomic E-state index is 12.1. The van der Waals surface area contributed by atoms with E-state index in [0.717, 1.165) is 11.3 Å². The van der Waals surface area contributed by atoms with Crippen LogP contribution in [0.5, 0.6) is 0 Å². The standard InChI is InChI=1S/C20H27N3O5.ClH/c1-20(2,3)28-19(25)22-17(18(24)26-4)10-16-11-21-13-23(16)14-27-12-15-8-6-5-7-9-15;/h5-9,11,13,17H,10,12,14H2,1-4H3,(H,22,25);1H/t17-;/m1./s1. The zero-order chi connectivity index (χ0) is 20.6. The van der Waals surface area contributed by atoms with Gasteiger partial charge in [0.2, 0.25) is 0 Å². The Hall–Kier alpha value is -2.58. The number of carbonyl (C=O) groups is 2. The predicted octanol–water partition coefficient (Wildman–Crippen LogP) is 3.09. The normalized spacial score (nSPS) is 11.9. The Kier molecular flexibility index (Phi) is 9.64. The molecule has 1 atom stereocenters. The molecule has 0 unspecified atom stereocenters. The first-order valence-electron chi connectivity index (χ1n) is 8.96. The minimum Gasteiger partial charge on any atom is -0.467 e. The number of amides is 1. The number of hydrogen-bond acceptors (Lipinski definition) is 6. The SMILES string of the molecule is COC(=O)[C@@H](Cc1cncn1COCc1ccccc1)NC(=O)OC(C)(C)C.Cl. The summed E-state index contributed by atoms with van der Waals surface area (Å²) in [6.07, 6.45) is 2.75. The molecule has 9 heteroatoms. The van der Waals surface area contributed by atoms with Gasteiger partial charge in [-0.05, 0) is 26.3 Å². The summed E-state index contributed by atoms with van der Waals surface area (Å²) in [7, 11) is 1.27. The number of hydrogen-bond donors (Lipinski definition) is 1. The quantitative estimate of drug-likeness (QED) is 0.653. The molecule has 0 bridgehead atoms. The van der Waals surface area contributed by atoms with E-state index >= 15 is 0 Å². The molecule has 0 aliphatic carbocycles. The summed E-state index contributed by atoms with van der Waals surface area (Å²) in [5.74, 6) is -0.566. The maximum atomic E-state index is 12.1. The third-order valence-corrected chi connectivity index (χ3v) is 3.73. The molecule has 2 rings (SSSR count). The van der Waals surface area contributed by atoms with Gasteiger partial charge in [-0.2, -0.15) is 0 Å². The van der Waals surface area contributed by atoms with E-state index < -0.39 is 23.7 Å². The summed E-state index contributed by atoms with van der Waals surface area (Å²) in [6.45, 7) is 5.97. The lowest BCUT2D eigenvalue weighted by Crippen LogP contribution is -2.45. The van der Waals surface area contributed by atoms with E-state index in [2.05, 4.69) is 10.3 Å². The number of ether oxygens (including phenoxy) is 3. The lowest BCUT2D eigenvalue weighted by Gasteiger charge is -2.22. The average molecular weight is 426 g/mol. The molecular formula is C20H28ClN3O5. The van der Waals surface area contributed by atoms with Gasteiger partial charge in [0, 0.05) is 18.3 Å². The molecule has 0 fully saturated rings. The number of halogens is 1. The molecule has 0 aliphatic heterocycles. The summed E-state index contributed by atoms with van der Waals surface area (Å²) < 4.78 is 17.5. The lowest BCUT2D eigenvalue weighted by molar-refractivity contribution is -0.143. The van der Waals surface area contributed by atoms with Gasteiger partial charge in [-0.15, -0.1) is 12.4 Å². The number of rotatable bonds is 8. The first-order valence-corrected chi connectivity index (χ1v) is 8.96. The van der Waals surface area contributed by atoms with Crippen LogP contribution in [0.4, 0.5) is 4.79 Å². The predicted molar refractivity (Wildman–Crippen MR) is 110 cm³/mol. The number of imidazole rings is 1. The summed E-state index contributed by atoms with van der Waals surface area (Å²) >= 11 is 0. The molecule has 29 heavy (non-hydrogen) atoms. The maximum Gasteiger partial charge on any atom is 0.408 e. The van der Waals surface area contributed by atoms with Crippen molar-refractivity contribution in [3.8, 4) is 0 Å². The highest BCUT2D eigenvalue weighted by molar-refractivity contribution is 5.85.